The van der Waals surface area contributed by atoms with Gasteiger partial charge in [0.05, 0.1) is 0 Å². The molecule has 0 amide bonds. The minimum Gasteiger partial charge on any atom is -0.290 e. The molecule has 16 heavy (non-hydrogen) atoms. The van der Waals surface area contributed by atoms with Crippen LogP contribution in [0.5, 0.6) is 0 Å². The van der Waals surface area contributed by atoms with Crippen molar-refractivity contribution in [2.45, 2.75) is 47.5 Å². The van der Waals surface area contributed by atoms with Crippen molar-refractivity contribution in [2.75, 3.05) is 0 Å². The Kier molecular flexibility index (Phi) is 3.90. The number of allylic oxidation sites excluding steroid dienone is 6. The van der Waals surface area contributed by atoms with Crippen molar-refractivity contribution in [1.82, 2.24) is 0 Å². The van der Waals surface area contributed by atoms with E-state index in [0.717, 1.165) is 29.6 Å². The summed E-state index contributed by atoms with van der Waals surface area (Å²) in [4.78, 5) is 12.2. The second-order valence-electron chi connectivity index (χ2n) is 5.16. The second kappa shape index (κ2) is 4.82. The molecule has 1 aliphatic rings. The van der Waals surface area contributed by atoms with Gasteiger partial charge < -0.3 is 0 Å². The van der Waals surface area contributed by atoms with E-state index in [1.807, 2.05) is 20.8 Å². The Labute approximate surface area is 98.9 Å². The second-order valence-corrected chi connectivity index (χ2v) is 5.16. The van der Waals surface area contributed by atoms with Crippen molar-refractivity contribution in [2.24, 2.45) is 5.41 Å². The van der Waals surface area contributed by atoms with Crippen LogP contribution < -0.4 is 0 Å². The molecule has 0 aliphatic heterocycles. The predicted octanol–water partition coefficient (Wildman–Crippen LogP) is 4.21. The Morgan fingerprint density at radius 1 is 1.50 bits per heavy atom. The van der Waals surface area contributed by atoms with E-state index in [1.54, 1.807) is 6.08 Å². The maximum absolute atomic E-state index is 12.2. The summed E-state index contributed by atoms with van der Waals surface area (Å²) in [5.74, 6) is 0.186. The molecule has 1 aliphatic carbocycles. The van der Waals surface area contributed by atoms with Gasteiger partial charge in [0.1, 0.15) is 0 Å². The first kappa shape index (κ1) is 13.0. The zero-order valence-electron chi connectivity index (χ0n) is 11.1. The lowest BCUT2D eigenvalue weighted by atomic mass is 9.70. The van der Waals surface area contributed by atoms with E-state index in [1.165, 1.54) is 0 Å². The molecule has 0 saturated heterocycles. The minimum atomic E-state index is 0.0157. The van der Waals surface area contributed by atoms with E-state index >= 15 is 0 Å². The van der Waals surface area contributed by atoms with Gasteiger partial charge in [0.15, 0.2) is 5.78 Å². The van der Waals surface area contributed by atoms with Crippen LogP contribution >= 0.6 is 0 Å². The van der Waals surface area contributed by atoms with E-state index in [0.29, 0.717) is 0 Å². The van der Waals surface area contributed by atoms with Crippen molar-refractivity contribution in [1.29, 1.82) is 0 Å². The van der Waals surface area contributed by atoms with E-state index < -0.39 is 0 Å². The Balaban J connectivity index is 3.19. The standard InChI is InChI=1S/C15H22O/c1-6-15(5)9-7-8-12(4)14(15)13(16)10-11(2)3/h7-8,10H,6,9H2,1-5H3. The average molecular weight is 218 g/mol. The van der Waals surface area contributed by atoms with E-state index in [9.17, 15) is 4.79 Å². The highest BCUT2D eigenvalue weighted by Gasteiger charge is 2.32. The summed E-state index contributed by atoms with van der Waals surface area (Å²) in [6, 6.07) is 0. The normalized spacial score (nSPS) is 24.6. The van der Waals surface area contributed by atoms with E-state index in [2.05, 4.69) is 26.0 Å². The quantitative estimate of drug-likeness (QED) is 0.648. The molecule has 0 spiro atoms. The summed E-state index contributed by atoms with van der Waals surface area (Å²) in [5.41, 5.74) is 3.21. The number of rotatable bonds is 3. The molecule has 0 saturated carbocycles. The Bertz CT molecular complexity index is 378. The van der Waals surface area contributed by atoms with Crippen LogP contribution in [-0.4, -0.2) is 5.78 Å². The Morgan fingerprint density at radius 3 is 2.62 bits per heavy atom. The van der Waals surface area contributed by atoms with Gasteiger partial charge in [-0.2, -0.15) is 0 Å². The lowest BCUT2D eigenvalue weighted by molar-refractivity contribution is -0.112. The largest absolute Gasteiger partial charge is 0.290 e. The van der Waals surface area contributed by atoms with Gasteiger partial charge in [-0.3, -0.25) is 4.79 Å². The monoisotopic (exact) mass is 218 g/mol. The first-order chi connectivity index (χ1) is 7.40. The van der Waals surface area contributed by atoms with Gasteiger partial charge in [0, 0.05) is 5.57 Å². The van der Waals surface area contributed by atoms with Crippen LogP contribution in [0.4, 0.5) is 0 Å². The third-order valence-electron chi connectivity index (χ3n) is 3.38. The van der Waals surface area contributed by atoms with Crippen LogP contribution in [0.3, 0.4) is 0 Å². The molecule has 0 N–H and O–H groups in total. The lowest BCUT2D eigenvalue weighted by Gasteiger charge is -2.33. The number of hydrogen-bond donors (Lipinski definition) is 0. The molecule has 1 atom stereocenters. The Hall–Kier alpha value is -1.11. The predicted molar refractivity (Wildman–Crippen MR) is 69.3 cm³/mol. The molecule has 0 fully saturated rings. The molecule has 0 bridgehead atoms. The van der Waals surface area contributed by atoms with Crippen molar-refractivity contribution < 1.29 is 4.79 Å². The summed E-state index contributed by atoms with van der Waals surface area (Å²) in [6.45, 7) is 10.3. The zero-order valence-corrected chi connectivity index (χ0v) is 11.1. The van der Waals surface area contributed by atoms with Crippen LogP contribution in [0.25, 0.3) is 0 Å². The van der Waals surface area contributed by atoms with Gasteiger partial charge in [0.2, 0.25) is 0 Å². The molecule has 1 nitrogen and oxygen atoms in total. The first-order valence-corrected chi connectivity index (χ1v) is 5.98. The lowest BCUT2D eigenvalue weighted by Crippen LogP contribution is -2.26. The molecule has 0 aromatic heterocycles. The van der Waals surface area contributed by atoms with E-state index in [-0.39, 0.29) is 11.2 Å². The minimum absolute atomic E-state index is 0.0157. The third kappa shape index (κ3) is 2.52. The average Bonchev–Trinajstić information content (AvgIpc) is 2.16. The molecule has 1 rings (SSSR count). The maximum atomic E-state index is 12.2. The van der Waals surface area contributed by atoms with Crippen LogP contribution in [-0.2, 0) is 4.79 Å². The highest BCUT2D eigenvalue weighted by molar-refractivity contribution is 6.06. The van der Waals surface area contributed by atoms with Crippen molar-refractivity contribution in [3.05, 3.63) is 34.9 Å². The summed E-state index contributed by atoms with van der Waals surface area (Å²) >= 11 is 0. The molecular formula is C15H22O. The highest BCUT2D eigenvalue weighted by Crippen LogP contribution is 2.40. The number of carbonyl (C=O) groups is 1. The van der Waals surface area contributed by atoms with Crippen molar-refractivity contribution >= 4 is 5.78 Å². The number of carbonyl (C=O) groups excluding carboxylic acids is 1. The molecule has 88 valence electrons. The third-order valence-corrected chi connectivity index (χ3v) is 3.38. The van der Waals surface area contributed by atoms with Gasteiger partial charge in [-0.05, 0) is 50.7 Å². The molecule has 1 heteroatoms. The number of ketones is 1. The van der Waals surface area contributed by atoms with Crippen molar-refractivity contribution in [3.8, 4) is 0 Å². The van der Waals surface area contributed by atoms with Crippen LogP contribution in [0.15, 0.2) is 34.9 Å². The fourth-order valence-corrected chi connectivity index (χ4v) is 2.30. The Morgan fingerprint density at radius 2 is 2.12 bits per heavy atom. The van der Waals surface area contributed by atoms with Gasteiger partial charge in [-0.1, -0.05) is 31.6 Å². The molecule has 0 radical (unpaired) electrons. The van der Waals surface area contributed by atoms with Crippen molar-refractivity contribution in [3.63, 3.8) is 0 Å². The smallest absolute Gasteiger partial charge is 0.182 e. The van der Waals surface area contributed by atoms with Gasteiger partial charge >= 0.3 is 0 Å². The molecule has 0 heterocycles. The maximum Gasteiger partial charge on any atom is 0.182 e. The number of hydrogen-bond acceptors (Lipinski definition) is 1. The zero-order chi connectivity index (χ0) is 12.3. The van der Waals surface area contributed by atoms with Crippen LogP contribution in [0.2, 0.25) is 0 Å². The first-order valence-electron chi connectivity index (χ1n) is 5.98. The summed E-state index contributed by atoms with van der Waals surface area (Å²) in [7, 11) is 0. The topological polar surface area (TPSA) is 17.1 Å². The fraction of sp³-hybridized carbons (Fsp3) is 0.533. The van der Waals surface area contributed by atoms with Gasteiger partial charge in [0.25, 0.3) is 0 Å². The molecule has 0 aromatic carbocycles. The molecule has 0 aromatic rings. The summed E-state index contributed by atoms with van der Waals surface area (Å²) in [5, 5.41) is 0. The molecule has 1 unspecified atom stereocenters. The van der Waals surface area contributed by atoms with E-state index in [4.69, 9.17) is 0 Å². The van der Waals surface area contributed by atoms with Crippen LogP contribution in [0.1, 0.15) is 47.5 Å². The highest BCUT2D eigenvalue weighted by atomic mass is 16.1. The van der Waals surface area contributed by atoms with Gasteiger partial charge in [-0.15, -0.1) is 0 Å². The molecular weight excluding hydrogens is 196 g/mol. The summed E-state index contributed by atoms with van der Waals surface area (Å²) < 4.78 is 0. The fourth-order valence-electron chi connectivity index (χ4n) is 2.30. The van der Waals surface area contributed by atoms with Gasteiger partial charge in [-0.25, -0.2) is 0 Å². The SMILES string of the molecule is CCC1(C)CC=CC(C)=C1C(=O)C=C(C)C. The van der Waals surface area contributed by atoms with Crippen LogP contribution in [0, 0.1) is 5.41 Å². The summed E-state index contributed by atoms with van der Waals surface area (Å²) in [6.07, 6.45) is 7.98.